The van der Waals surface area contributed by atoms with Gasteiger partial charge < -0.3 is 10.1 Å². The van der Waals surface area contributed by atoms with E-state index < -0.39 is 6.10 Å². The molecule has 1 amide bonds. The van der Waals surface area contributed by atoms with Gasteiger partial charge in [0.2, 0.25) is 0 Å². The molecule has 1 aliphatic carbocycles. The average Bonchev–Trinajstić information content (AvgIpc) is 2.63. The van der Waals surface area contributed by atoms with Gasteiger partial charge in [0.1, 0.15) is 5.75 Å². The van der Waals surface area contributed by atoms with E-state index in [0.717, 1.165) is 19.3 Å². The highest BCUT2D eigenvalue weighted by atomic mass is 35.5. The predicted molar refractivity (Wildman–Crippen MR) is 96.5 cm³/mol. The van der Waals surface area contributed by atoms with Crippen molar-refractivity contribution in [2.45, 2.75) is 38.3 Å². The van der Waals surface area contributed by atoms with Crippen LogP contribution in [0.5, 0.6) is 5.75 Å². The third-order valence-corrected chi connectivity index (χ3v) is 4.72. The standard InChI is InChI=1S/C20H19ClN2O2/c1-13(25-19-10-9-14(12-22)11-17(19)21)20(24)23-18-8-4-6-15-5-2-3-7-16(15)18/h2-3,5,7,9-11,13,18H,4,6,8H2,1H3,(H,23,24)/t13-,18-/m0/s1. The van der Waals surface area contributed by atoms with E-state index in [1.54, 1.807) is 19.1 Å². The van der Waals surface area contributed by atoms with Gasteiger partial charge in [-0.15, -0.1) is 0 Å². The highest BCUT2D eigenvalue weighted by Crippen LogP contribution is 2.30. The smallest absolute Gasteiger partial charge is 0.261 e. The fraction of sp³-hybridized carbons (Fsp3) is 0.300. The topological polar surface area (TPSA) is 62.1 Å². The molecule has 0 aromatic heterocycles. The van der Waals surface area contributed by atoms with Gasteiger partial charge in [-0.2, -0.15) is 5.26 Å². The number of nitriles is 1. The van der Waals surface area contributed by atoms with Crippen LogP contribution in [-0.2, 0) is 11.2 Å². The minimum absolute atomic E-state index is 0.0138. The first-order chi connectivity index (χ1) is 12.1. The van der Waals surface area contributed by atoms with E-state index in [9.17, 15) is 4.79 Å². The third kappa shape index (κ3) is 3.94. The summed E-state index contributed by atoms with van der Waals surface area (Å²) >= 11 is 6.11. The first kappa shape index (κ1) is 17.3. The average molecular weight is 355 g/mol. The Morgan fingerprint density at radius 1 is 1.36 bits per heavy atom. The number of amides is 1. The molecular weight excluding hydrogens is 336 g/mol. The van der Waals surface area contributed by atoms with E-state index in [1.807, 2.05) is 18.2 Å². The summed E-state index contributed by atoms with van der Waals surface area (Å²) in [7, 11) is 0. The van der Waals surface area contributed by atoms with Crippen molar-refractivity contribution >= 4 is 17.5 Å². The van der Waals surface area contributed by atoms with Crippen LogP contribution in [0.2, 0.25) is 5.02 Å². The number of hydrogen-bond acceptors (Lipinski definition) is 3. The number of aryl methyl sites for hydroxylation is 1. The van der Waals surface area contributed by atoms with Crippen LogP contribution in [0.1, 0.15) is 42.5 Å². The molecule has 0 aliphatic heterocycles. The summed E-state index contributed by atoms with van der Waals surface area (Å²) < 4.78 is 5.68. The molecule has 1 aliphatic rings. The lowest BCUT2D eigenvalue weighted by Gasteiger charge is -2.27. The van der Waals surface area contributed by atoms with Crippen LogP contribution in [0, 0.1) is 11.3 Å². The molecule has 0 radical (unpaired) electrons. The molecule has 0 saturated carbocycles. The lowest BCUT2D eigenvalue weighted by molar-refractivity contribution is -0.128. The molecule has 3 rings (SSSR count). The Bertz CT molecular complexity index is 829. The summed E-state index contributed by atoms with van der Waals surface area (Å²) in [6.45, 7) is 1.69. The third-order valence-electron chi connectivity index (χ3n) is 4.42. The van der Waals surface area contributed by atoms with Crippen molar-refractivity contribution in [1.82, 2.24) is 5.32 Å². The van der Waals surface area contributed by atoms with Crippen molar-refractivity contribution in [1.29, 1.82) is 5.26 Å². The van der Waals surface area contributed by atoms with Crippen molar-refractivity contribution in [3.05, 3.63) is 64.2 Å². The summed E-state index contributed by atoms with van der Waals surface area (Å²) in [6.07, 6.45) is 2.35. The van der Waals surface area contributed by atoms with Crippen LogP contribution >= 0.6 is 11.6 Å². The largest absolute Gasteiger partial charge is 0.479 e. The van der Waals surface area contributed by atoms with Gasteiger partial charge in [-0.1, -0.05) is 35.9 Å². The van der Waals surface area contributed by atoms with Crippen molar-refractivity contribution in [2.24, 2.45) is 0 Å². The Labute approximate surface area is 152 Å². The molecule has 2 aromatic rings. The van der Waals surface area contributed by atoms with Crippen LogP contribution in [0.25, 0.3) is 0 Å². The second-order valence-electron chi connectivity index (χ2n) is 6.17. The Balaban J connectivity index is 1.67. The quantitative estimate of drug-likeness (QED) is 0.896. The first-order valence-corrected chi connectivity index (χ1v) is 8.71. The number of ether oxygens (including phenoxy) is 1. The molecule has 2 atom stereocenters. The van der Waals surface area contributed by atoms with Gasteiger partial charge in [0.05, 0.1) is 22.7 Å². The second-order valence-corrected chi connectivity index (χ2v) is 6.58. The fourth-order valence-electron chi connectivity index (χ4n) is 3.10. The molecule has 1 N–H and O–H groups in total. The van der Waals surface area contributed by atoms with Crippen molar-refractivity contribution < 1.29 is 9.53 Å². The Morgan fingerprint density at radius 3 is 2.92 bits per heavy atom. The summed E-state index contributed by atoms with van der Waals surface area (Å²) in [5.41, 5.74) is 2.93. The molecule has 25 heavy (non-hydrogen) atoms. The molecular formula is C20H19ClN2O2. The maximum atomic E-state index is 12.5. The van der Waals surface area contributed by atoms with Crippen LogP contribution in [0.3, 0.4) is 0 Å². The first-order valence-electron chi connectivity index (χ1n) is 8.33. The molecule has 0 spiro atoms. The normalized spacial score (nSPS) is 17.1. The summed E-state index contributed by atoms with van der Waals surface area (Å²) in [6, 6.07) is 15.0. The minimum Gasteiger partial charge on any atom is -0.479 e. The molecule has 0 bridgehead atoms. The van der Waals surface area contributed by atoms with E-state index >= 15 is 0 Å². The number of carbonyl (C=O) groups is 1. The molecule has 4 nitrogen and oxygen atoms in total. The van der Waals surface area contributed by atoms with E-state index in [0.29, 0.717) is 16.3 Å². The number of fused-ring (bicyclic) bond motifs is 1. The van der Waals surface area contributed by atoms with Gasteiger partial charge in [-0.25, -0.2) is 0 Å². The molecule has 5 heteroatoms. The Hall–Kier alpha value is -2.51. The van der Waals surface area contributed by atoms with E-state index in [4.69, 9.17) is 21.6 Å². The monoisotopic (exact) mass is 354 g/mol. The van der Waals surface area contributed by atoms with Gasteiger partial charge in [-0.3, -0.25) is 4.79 Å². The lowest BCUT2D eigenvalue weighted by atomic mass is 9.87. The Kier molecular flexibility index (Phi) is 5.25. The highest BCUT2D eigenvalue weighted by molar-refractivity contribution is 6.32. The van der Waals surface area contributed by atoms with E-state index in [2.05, 4.69) is 17.4 Å². The molecule has 0 fully saturated rings. The van der Waals surface area contributed by atoms with Crippen molar-refractivity contribution in [3.63, 3.8) is 0 Å². The predicted octanol–water partition coefficient (Wildman–Crippen LogP) is 4.17. The van der Waals surface area contributed by atoms with Crippen LogP contribution in [-0.4, -0.2) is 12.0 Å². The van der Waals surface area contributed by atoms with E-state index in [-0.39, 0.29) is 11.9 Å². The van der Waals surface area contributed by atoms with Gasteiger partial charge in [-0.05, 0) is 55.5 Å². The van der Waals surface area contributed by atoms with Gasteiger partial charge in [0.25, 0.3) is 5.91 Å². The summed E-state index contributed by atoms with van der Waals surface area (Å²) in [4.78, 5) is 12.5. The lowest BCUT2D eigenvalue weighted by Crippen LogP contribution is -2.39. The van der Waals surface area contributed by atoms with Gasteiger partial charge in [0, 0.05) is 0 Å². The van der Waals surface area contributed by atoms with Gasteiger partial charge >= 0.3 is 0 Å². The zero-order valence-electron chi connectivity index (χ0n) is 14.0. The van der Waals surface area contributed by atoms with Crippen LogP contribution in [0.15, 0.2) is 42.5 Å². The molecule has 2 aromatic carbocycles. The number of rotatable bonds is 4. The number of nitrogens with zero attached hydrogens (tertiary/aromatic N) is 1. The number of hydrogen-bond donors (Lipinski definition) is 1. The molecule has 0 heterocycles. The highest BCUT2D eigenvalue weighted by Gasteiger charge is 2.24. The number of benzene rings is 2. The number of carbonyl (C=O) groups excluding carboxylic acids is 1. The second kappa shape index (κ2) is 7.58. The molecule has 128 valence electrons. The van der Waals surface area contributed by atoms with Crippen molar-refractivity contribution in [3.8, 4) is 11.8 Å². The number of halogens is 1. The SMILES string of the molecule is C[C@H](Oc1ccc(C#N)cc1Cl)C(=O)N[C@H]1CCCc2ccccc21. The zero-order chi connectivity index (χ0) is 17.8. The van der Waals surface area contributed by atoms with Crippen LogP contribution in [0.4, 0.5) is 0 Å². The summed E-state index contributed by atoms with van der Waals surface area (Å²) in [5, 5.41) is 12.3. The molecule has 0 saturated heterocycles. The van der Waals surface area contributed by atoms with Gasteiger partial charge in [0.15, 0.2) is 6.10 Å². The zero-order valence-corrected chi connectivity index (χ0v) is 14.7. The summed E-state index contributed by atoms with van der Waals surface area (Å²) in [5.74, 6) is 0.217. The fourth-order valence-corrected chi connectivity index (χ4v) is 3.33. The maximum Gasteiger partial charge on any atom is 0.261 e. The van der Waals surface area contributed by atoms with Crippen molar-refractivity contribution in [2.75, 3.05) is 0 Å². The minimum atomic E-state index is -0.681. The van der Waals surface area contributed by atoms with E-state index in [1.165, 1.54) is 17.2 Å². The number of nitrogens with one attached hydrogen (secondary N) is 1. The Morgan fingerprint density at radius 2 is 2.16 bits per heavy atom. The van der Waals surface area contributed by atoms with Crippen LogP contribution < -0.4 is 10.1 Å². The maximum absolute atomic E-state index is 12.5. The molecule has 0 unspecified atom stereocenters.